The average Bonchev–Trinajstić information content (AvgIpc) is 2.91. The van der Waals surface area contributed by atoms with Gasteiger partial charge in [-0.05, 0) is 25.1 Å². The Bertz CT molecular complexity index is 557. The Morgan fingerprint density at radius 1 is 1.19 bits per heavy atom. The molecule has 1 heterocycles. The zero-order valence-corrected chi connectivity index (χ0v) is 12.6. The molecular formula is C14H17F2N3OS. The van der Waals surface area contributed by atoms with Crippen LogP contribution in [-0.4, -0.2) is 37.0 Å². The molecule has 0 saturated carbocycles. The van der Waals surface area contributed by atoms with Crippen LogP contribution in [0, 0.1) is 11.6 Å². The van der Waals surface area contributed by atoms with Crippen molar-refractivity contribution in [3.8, 4) is 10.6 Å². The predicted octanol–water partition coefficient (Wildman–Crippen LogP) is 2.65. The lowest BCUT2D eigenvalue weighted by Crippen LogP contribution is -2.20. The Hall–Kier alpha value is -1.44. The van der Waals surface area contributed by atoms with Crippen LogP contribution >= 0.6 is 11.3 Å². The standard InChI is InChI=1S/C14H17F2N3OS/c1-20-9-8-17-7-3-6-12-18-19-14(21-12)13-10(15)4-2-5-11(13)16/h2,4-5,17H,3,6-9H2,1H3. The van der Waals surface area contributed by atoms with Gasteiger partial charge in [-0.25, -0.2) is 8.78 Å². The highest BCUT2D eigenvalue weighted by Gasteiger charge is 2.15. The molecule has 2 aromatic rings. The van der Waals surface area contributed by atoms with Gasteiger partial charge in [-0.15, -0.1) is 10.2 Å². The Morgan fingerprint density at radius 2 is 1.95 bits per heavy atom. The maximum atomic E-state index is 13.6. The van der Waals surface area contributed by atoms with Crippen molar-refractivity contribution in [1.29, 1.82) is 0 Å². The van der Waals surface area contributed by atoms with Crippen LogP contribution in [0.1, 0.15) is 11.4 Å². The van der Waals surface area contributed by atoms with Gasteiger partial charge in [-0.2, -0.15) is 0 Å². The molecule has 0 bridgehead atoms. The molecule has 7 heteroatoms. The molecule has 0 aliphatic heterocycles. The van der Waals surface area contributed by atoms with Gasteiger partial charge >= 0.3 is 0 Å². The largest absolute Gasteiger partial charge is 0.383 e. The molecule has 0 aliphatic rings. The number of rotatable bonds is 8. The van der Waals surface area contributed by atoms with Gasteiger partial charge in [0.15, 0.2) is 5.01 Å². The molecule has 4 nitrogen and oxygen atoms in total. The van der Waals surface area contributed by atoms with Gasteiger partial charge in [-0.3, -0.25) is 0 Å². The molecule has 21 heavy (non-hydrogen) atoms. The van der Waals surface area contributed by atoms with E-state index in [2.05, 4.69) is 15.5 Å². The van der Waals surface area contributed by atoms with E-state index in [4.69, 9.17) is 4.74 Å². The molecular weight excluding hydrogens is 296 g/mol. The van der Waals surface area contributed by atoms with Gasteiger partial charge in [0.05, 0.1) is 12.2 Å². The summed E-state index contributed by atoms with van der Waals surface area (Å²) in [5.41, 5.74) is -0.0977. The third-order valence-electron chi connectivity index (χ3n) is 2.87. The molecule has 0 radical (unpaired) electrons. The second kappa shape index (κ2) is 8.11. The molecule has 0 saturated heterocycles. The van der Waals surface area contributed by atoms with Crippen molar-refractivity contribution in [2.75, 3.05) is 26.8 Å². The molecule has 1 N–H and O–H groups in total. The van der Waals surface area contributed by atoms with Crippen LogP contribution in [0.3, 0.4) is 0 Å². The van der Waals surface area contributed by atoms with E-state index in [1.807, 2.05) is 0 Å². The molecule has 0 atom stereocenters. The minimum atomic E-state index is -0.612. The fraction of sp³-hybridized carbons (Fsp3) is 0.429. The number of benzene rings is 1. The molecule has 0 amide bonds. The van der Waals surface area contributed by atoms with E-state index in [-0.39, 0.29) is 10.6 Å². The summed E-state index contributed by atoms with van der Waals surface area (Å²) in [6.45, 7) is 2.32. The smallest absolute Gasteiger partial charge is 0.153 e. The van der Waals surface area contributed by atoms with Crippen molar-refractivity contribution in [1.82, 2.24) is 15.5 Å². The van der Waals surface area contributed by atoms with Crippen molar-refractivity contribution >= 4 is 11.3 Å². The summed E-state index contributed by atoms with van der Waals surface area (Å²) in [5, 5.41) is 12.2. The molecule has 0 spiro atoms. The summed E-state index contributed by atoms with van der Waals surface area (Å²) in [6, 6.07) is 3.78. The van der Waals surface area contributed by atoms with E-state index < -0.39 is 11.6 Å². The third kappa shape index (κ3) is 4.52. The fourth-order valence-corrected chi connectivity index (χ4v) is 2.75. The molecule has 1 aromatic heterocycles. The molecule has 1 aromatic carbocycles. The highest BCUT2D eigenvalue weighted by Crippen LogP contribution is 2.28. The van der Waals surface area contributed by atoms with Gasteiger partial charge < -0.3 is 10.1 Å². The predicted molar refractivity (Wildman–Crippen MR) is 78.3 cm³/mol. The van der Waals surface area contributed by atoms with E-state index in [0.29, 0.717) is 6.61 Å². The second-order valence-electron chi connectivity index (χ2n) is 4.44. The average molecular weight is 313 g/mol. The summed E-state index contributed by atoms with van der Waals surface area (Å²) in [6.07, 6.45) is 1.62. The Balaban J connectivity index is 1.90. The molecule has 2 rings (SSSR count). The maximum Gasteiger partial charge on any atom is 0.153 e. The van der Waals surface area contributed by atoms with Crippen molar-refractivity contribution in [2.45, 2.75) is 12.8 Å². The lowest BCUT2D eigenvalue weighted by Gasteiger charge is -2.02. The molecule has 0 fully saturated rings. The van der Waals surface area contributed by atoms with E-state index in [0.717, 1.165) is 30.9 Å². The van der Waals surface area contributed by atoms with Crippen molar-refractivity contribution in [3.05, 3.63) is 34.8 Å². The summed E-state index contributed by atoms with van der Waals surface area (Å²) >= 11 is 1.23. The number of halogens is 2. The monoisotopic (exact) mass is 313 g/mol. The first-order valence-electron chi connectivity index (χ1n) is 6.69. The number of nitrogens with zero attached hydrogens (tertiary/aromatic N) is 2. The first-order chi connectivity index (χ1) is 10.2. The molecule has 0 unspecified atom stereocenters. The zero-order valence-electron chi connectivity index (χ0n) is 11.7. The van der Waals surface area contributed by atoms with Gasteiger partial charge in [0, 0.05) is 20.1 Å². The van der Waals surface area contributed by atoms with Gasteiger partial charge in [0.2, 0.25) is 0 Å². The molecule has 0 aliphatic carbocycles. The zero-order chi connectivity index (χ0) is 15.1. The lowest BCUT2D eigenvalue weighted by atomic mass is 10.2. The highest BCUT2D eigenvalue weighted by molar-refractivity contribution is 7.14. The van der Waals surface area contributed by atoms with E-state index in [1.165, 1.54) is 29.5 Å². The normalized spacial score (nSPS) is 11.0. The van der Waals surface area contributed by atoms with Gasteiger partial charge in [0.25, 0.3) is 0 Å². The van der Waals surface area contributed by atoms with Crippen LogP contribution in [-0.2, 0) is 11.2 Å². The number of aromatic nitrogens is 2. The summed E-state index contributed by atoms with van der Waals surface area (Å²) < 4.78 is 32.2. The highest BCUT2D eigenvalue weighted by atomic mass is 32.1. The van der Waals surface area contributed by atoms with Crippen molar-refractivity contribution in [2.24, 2.45) is 0 Å². The maximum absolute atomic E-state index is 13.6. The van der Waals surface area contributed by atoms with Crippen LogP contribution in [0.4, 0.5) is 8.78 Å². The van der Waals surface area contributed by atoms with E-state index >= 15 is 0 Å². The summed E-state index contributed by atoms with van der Waals surface area (Å²) in [4.78, 5) is 0. The second-order valence-corrected chi connectivity index (χ2v) is 5.51. The van der Waals surface area contributed by atoms with Crippen LogP contribution in [0.2, 0.25) is 0 Å². The number of hydrogen-bond acceptors (Lipinski definition) is 5. The number of nitrogens with one attached hydrogen (secondary N) is 1. The van der Waals surface area contributed by atoms with Gasteiger partial charge in [-0.1, -0.05) is 17.4 Å². The lowest BCUT2D eigenvalue weighted by molar-refractivity contribution is 0.199. The van der Waals surface area contributed by atoms with Crippen LogP contribution in [0.25, 0.3) is 10.6 Å². The minimum absolute atomic E-state index is 0.0977. The quantitative estimate of drug-likeness (QED) is 0.761. The Kier molecular flexibility index (Phi) is 6.16. The number of aryl methyl sites for hydroxylation is 1. The van der Waals surface area contributed by atoms with Crippen LogP contribution in [0.15, 0.2) is 18.2 Å². The fourth-order valence-electron chi connectivity index (χ4n) is 1.82. The number of methoxy groups -OCH3 is 1. The third-order valence-corrected chi connectivity index (χ3v) is 3.87. The first kappa shape index (κ1) is 15.9. The minimum Gasteiger partial charge on any atom is -0.383 e. The van der Waals surface area contributed by atoms with Crippen LogP contribution in [0.5, 0.6) is 0 Å². The number of hydrogen-bond donors (Lipinski definition) is 1. The first-order valence-corrected chi connectivity index (χ1v) is 7.50. The van der Waals surface area contributed by atoms with Gasteiger partial charge in [0.1, 0.15) is 16.6 Å². The summed E-state index contributed by atoms with van der Waals surface area (Å²) in [7, 11) is 1.66. The van der Waals surface area contributed by atoms with Crippen molar-refractivity contribution in [3.63, 3.8) is 0 Å². The van der Waals surface area contributed by atoms with E-state index in [9.17, 15) is 8.78 Å². The SMILES string of the molecule is COCCNCCCc1nnc(-c2c(F)cccc2F)s1. The Labute approximate surface area is 126 Å². The topological polar surface area (TPSA) is 47.0 Å². The molecule has 114 valence electrons. The summed E-state index contributed by atoms with van der Waals surface area (Å²) in [5.74, 6) is -1.22. The van der Waals surface area contributed by atoms with E-state index in [1.54, 1.807) is 7.11 Å². The van der Waals surface area contributed by atoms with Crippen LogP contribution < -0.4 is 5.32 Å². The van der Waals surface area contributed by atoms with Crippen molar-refractivity contribution < 1.29 is 13.5 Å². The Morgan fingerprint density at radius 3 is 2.67 bits per heavy atom. The number of ether oxygens (including phenoxy) is 1.